The van der Waals surface area contributed by atoms with Crippen molar-refractivity contribution in [3.63, 3.8) is 0 Å². The fourth-order valence-electron chi connectivity index (χ4n) is 2.54. The van der Waals surface area contributed by atoms with Gasteiger partial charge in [-0.25, -0.2) is 0 Å². The lowest BCUT2D eigenvalue weighted by Crippen LogP contribution is -2.37. The number of rotatable bonds is 8. The van der Waals surface area contributed by atoms with Gasteiger partial charge in [0.15, 0.2) is 5.96 Å². The van der Waals surface area contributed by atoms with Gasteiger partial charge in [0.25, 0.3) is 0 Å². The number of aliphatic imine (C=N–C) groups is 1. The van der Waals surface area contributed by atoms with Crippen molar-refractivity contribution in [2.24, 2.45) is 4.99 Å². The van der Waals surface area contributed by atoms with Crippen molar-refractivity contribution in [2.45, 2.75) is 19.4 Å². The topological polar surface area (TPSA) is 54.9 Å². The number of nitrogens with one attached hydrogen (secondary N) is 2. The third-order valence-electron chi connectivity index (χ3n) is 3.96. The summed E-state index contributed by atoms with van der Waals surface area (Å²) in [7, 11) is 5.15. The Morgan fingerprint density at radius 2 is 1.72 bits per heavy atom. The van der Waals surface area contributed by atoms with E-state index in [1.165, 1.54) is 5.56 Å². The molecule has 5 nitrogen and oxygen atoms in total. The summed E-state index contributed by atoms with van der Waals surface area (Å²) in [6.45, 7) is 1.53. The summed E-state index contributed by atoms with van der Waals surface area (Å²) in [6, 6.07) is 16.2. The van der Waals surface area contributed by atoms with Gasteiger partial charge in [0, 0.05) is 25.7 Å². The molecule has 0 saturated heterocycles. The lowest BCUT2D eigenvalue weighted by molar-refractivity contribution is 0.409. The number of ether oxygens (including phenoxy) is 2. The summed E-state index contributed by atoms with van der Waals surface area (Å²) in [4.78, 5) is 4.26. The van der Waals surface area contributed by atoms with E-state index in [1.807, 2.05) is 36.4 Å². The molecule has 5 heteroatoms. The van der Waals surface area contributed by atoms with Crippen LogP contribution in [-0.2, 0) is 13.0 Å². The van der Waals surface area contributed by atoms with Gasteiger partial charge in [-0.2, -0.15) is 0 Å². The largest absolute Gasteiger partial charge is 0.497 e. The van der Waals surface area contributed by atoms with Gasteiger partial charge >= 0.3 is 0 Å². The van der Waals surface area contributed by atoms with E-state index >= 15 is 0 Å². The minimum absolute atomic E-state index is 0.669. The second kappa shape index (κ2) is 10.2. The van der Waals surface area contributed by atoms with Crippen LogP contribution in [0.1, 0.15) is 17.5 Å². The van der Waals surface area contributed by atoms with Crippen molar-refractivity contribution in [2.75, 3.05) is 27.8 Å². The zero-order chi connectivity index (χ0) is 17.9. The predicted octanol–water partition coefficient (Wildman–Crippen LogP) is 3.00. The molecule has 0 spiro atoms. The summed E-state index contributed by atoms with van der Waals surface area (Å²) in [6.07, 6.45) is 2.04. The van der Waals surface area contributed by atoms with Crippen LogP contribution in [0.15, 0.2) is 53.5 Å². The number of nitrogens with zero attached hydrogens (tertiary/aromatic N) is 1. The number of guanidine groups is 1. The Morgan fingerprint density at radius 3 is 2.40 bits per heavy atom. The van der Waals surface area contributed by atoms with Gasteiger partial charge in [0.2, 0.25) is 0 Å². The number of benzene rings is 2. The Hall–Kier alpha value is -2.69. The van der Waals surface area contributed by atoms with E-state index in [0.29, 0.717) is 6.54 Å². The number of para-hydroxylation sites is 1. The van der Waals surface area contributed by atoms with Crippen molar-refractivity contribution < 1.29 is 9.47 Å². The molecule has 0 radical (unpaired) electrons. The molecule has 0 fully saturated rings. The SMILES string of the molecule is CN=C(NCCCc1ccc(OC)cc1)NCc1ccccc1OC. The zero-order valence-electron chi connectivity index (χ0n) is 15.2. The van der Waals surface area contributed by atoms with Gasteiger partial charge in [-0.3, -0.25) is 4.99 Å². The van der Waals surface area contributed by atoms with Crippen molar-refractivity contribution in [1.82, 2.24) is 10.6 Å². The molecule has 0 heterocycles. The van der Waals surface area contributed by atoms with Gasteiger partial charge in [-0.1, -0.05) is 30.3 Å². The van der Waals surface area contributed by atoms with E-state index in [-0.39, 0.29) is 0 Å². The zero-order valence-corrected chi connectivity index (χ0v) is 15.2. The van der Waals surface area contributed by atoms with Crippen LogP contribution < -0.4 is 20.1 Å². The molecular weight excluding hydrogens is 314 g/mol. The highest BCUT2D eigenvalue weighted by molar-refractivity contribution is 5.79. The quantitative estimate of drug-likeness (QED) is 0.440. The molecule has 2 aromatic rings. The Morgan fingerprint density at radius 1 is 0.960 bits per heavy atom. The van der Waals surface area contributed by atoms with Crippen LogP contribution in [0.3, 0.4) is 0 Å². The standard InChI is InChI=1S/C20H27N3O2/c1-21-20(23-15-17-8-4-5-9-19(17)25-3)22-14-6-7-16-10-12-18(24-2)13-11-16/h4-5,8-13H,6-7,14-15H2,1-3H3,(H2,21,22,23). The van der Waals surface area contributed by atoms with Crippen LogP contribution in [0.2, 0.25) is 0 Å². The number of hydrogen-bond acceptors (Lipinski definition) is 3. The maximum Gasteiger partial charge on any atom is 0.191 e. The molecule has 0 unspecified atom stereocenters. The molecule has 2 aromatic carbocycles. The fourth-order valence-corrected chi connectivity index (χ4v) is 2.54. The third-order valence-corrected chi connectivity index (χ3v) is 3.96. The second-order valence-electron chi connectivity index (χ2n) is 5.62. The highest BCUT2D eigenvalue weighted by Gasteiger charge is 2.03. The first kappa shape index (κ1) is 18.6. The van der Waals surface area contributed by atoms with Crippen molar-refractivity contribution >= 4 is 5.96 Å². The molecule has 0 amide bonds. The molecule has 0 aliphatic heterocycles. The molecule has 134 valence electrons. The van der Waals surface area contributed by atoms with E-state index in [4.69, 9.17) is 9.47 Å². The lowest BCUT2D eigenvalue weighted by Gasteiger charge is -2.13. The van der Waals surface area contributed by atoms with Crippen LogP contribution in [0, 0.1) is 0 Å². The molecule has 0 aliphatic rings. The Kier molecular flexibility index (Phi) is 7.63. The first-order valence-electron chi connectivity index (χ1n) is 8.46. The minimum Gasteiger partial charge on any atom is -0.497 e. The highest BCUT2D eigenvalue weighted by Crippen LogP contribution is 2.16. The summed E-state index contributed by atoms with van der Waals surface area (Å²) >= 11 is 0. The van der Waals surface area contributed by atoms with Gasteiger partial charge in [-0.05, 0) is 36.6 Å². The van der Waals surface area contributed by atoms with E-state index < -0.39 is 0 Å². The average Bonchev–Trinajstić information content (AvgIpc) is 2.68. The van der Waals surface area contributed by atoms with Gasteiger partial charge < -0.3 is 20.1 Å². The van der Waals surface area contributed by atoms with Gasteiger partial charge in [-0.15, -0.1) is 0 Å². The maximum atomic E-state index is 5.37. The number of methoxy groups -OCH3 is 2. The van der Waals surface area contributed by atoms with E-state index in [2.05, 4.69) is 27.8 Å². The van der Waals surface area contributed by atoms with Crippen molar-refractivity contribution in [3.8, 4) is 11.5 Å². The Labute approximate surface area is 150 Å². The fraction of sp³-hybridized carbons (Fsp3) is 0.350. The van der Waals surface area contributed by atoms with Crippen molar-refractivity contribution in [1.29, 1.82) is 0 Å². The average molecular weight is 341 g/mol. The molecule has 0 atom stereocenters. The maximum absolute atomic E-state index is 5.37. The summed E-state index contributed by atoms with van der Waals surface area (Å²) in [5, 5.41) is 6.66. The second-order valence-corrected chi connectivity index (χ2v) is 5.62. The van der Waals surface area contributed by atoms with Crippen LogP contribution in [0.25, 0.3) is 0 Å². The molecule has 25 heavy (non-hydrogen) atoms. The monoisotopic (exact) mass is 341 g/mol. The number of hydrogen-bond donors (Lipinski definition) is 2. The molecule has 0 aromatic heterocycles. The van der Waals surface area contributed by atoms with Gasteiger partial charge in [0.1, 0.15) is 11.5 Å². The van der Waals surface area contributed by atoms with E-state index in [0.717, 1.165) is 42.4 Å². The van der Waals surface area contributed by atoms with Crippen LogP contribution in [0.4, 0.5) is 0 Å². The molecule has 0 bridgehead atoms. The molecule has 0 saturated carbocycles. The van der Waals surface area contributed by atoms with Crippen LogP contribution in [0.5, 0.6) is 11.5 Å². The van der Waals surface area contributed by atoms with E-state index in [1.54, 1.807) is 21.3 Å². The number of aryl methyl sites for hydroxylation is 1. The van der Waals surface area contributed by atoms with Crippen molar-refractivity contribution in [3.05, 3.63) is 59.7 Å². The first-order valence-corrected chi connectivity index (χ1v) is 8.46. The summed E-state index contributed by atoms with van der Waals surface area (Å²) in [5.74, 6) is 2.56. The molecular formula is C20H27N3O2. The summed E-state index contributed by atoms with van der Waals surface area (Å²) in [5.41, 5.74) is 2.41. The minimum atomic E-state index is 0.669. The smallest absolute Gasteiger partial charge is 0.191 e. The van der Waals surface area contributed by atoms with E-state index in [9.17, 15) is 0 Å². The molecule has 2 rings (SSSR count). The summed E-state index contributed by atoms with van der Waals surface area (Å²) < 4.78 is 10.5. The normalized spacial score (nSPS) is 11.1. The van der Waals surface area contributed by atoms with Crippen LogP contribution in [-0.4, -0.2) is 33.8 Å². The Balaban J connectivity index is 1.73. The Bertz CT molecular complexity index is 669. The molecule has 2 N–H and O–H groups in total. The molecule has 0 aliphatic carbocycles. The van der Waals surface area contributed by atoms with Gasteiger partial charge in [0.05, 0.1) is 14.2 Å². The third kappa shape index (κ3) is 6.03. The highest BCUT2D eigenvalue weighted by atomic mass is 16.5. The lowest BCUT2D eigenvalue weighted by atomic mass is 10.1. The predicted molar refractivity (Wildman–Crippen MR) is 103 cm³/mol. The first-order chi connectivity index (χ1) is 12.3. The van der Waals surface area contributed by atoms with Crippen LogP contribution >= 0.6 is 0 Å².